The average molecular weight is 300 g/mol. The molecule has 0 aromatic carbocycles. The lowest BCUT2D eigenvalue weighted by Gasteiger charge is -2.30. The molecule has 0 bridgehead atoms. The SMILES string of the molecule is CCCOc1nc(Cl)nc(N2CCC(C(N)=O)CC2)n1. The van der Waals surface area contributed by atoms with Gasteiger partial charge in [0.25, 0.3) is 0 Å². The smallest absolute Gasteiger partial charge is 0.322 e. The van der Waals surface area contributed by atoms with Crippen LogP contribution in [-0.2, 0) is 4.79 Å². The van der Waals surface area contributed by atoms with Crippen LogP contribution < -0.4 is 15.4 Å². The summed E-state index contributed by atoms with van der Waals surface area (Å²) in [5.74, 6) is 0.170. The van der Waals surface area contributed by atoms with Gasteiger partial charge in [-0.15, -0.1) is 0 Å². The second kappa shape index (κ2) is 6.69. The van der Waals surface area contributed by atoms with Crippen LogP contribution in [0.5, 0.6) is 6.01 Å². The number of rotatable bonds is 5. The number of primary amides is 1. The van der Waals surface area contributed by atoms with Gasteiger partial charge in [-0.05, 0) is 30.9 Å². The summed E-state index contributed by atoms with van der Waals surface area (Å²) in [5.41, 5.74) is 5.31. The molecular weight excluding hydrogens is 282 g/mol. The van der Waals surface area contributed by atoms with Crippen molar-refractivity contribution in [1.82, 2.24) is 15.0 Å². The number of amides is 1. The van der Waals surface area contributed by atoms with Crippen LogP contribution in [0.25, 0.3) is 0 Å². The number of nitrogens with zero attached hydrogens (tertiary/aromatic N) is 4. The zero-order valence-electron chi connectivity index (χ0n) is 11.4. The second-order valence-corrected chi connectivity index (χ2v) is 5.04. The number of hydrogen-bond donors (Lipinski definition) is 1. The van der Waals surface area contributed by atoms with Crippen molar-refractivity contribution in [2.24, 2.45) is 11.7 Å². The summed E-state index contributed by atoms with van der Waals surface area (Å²) >= 11 is 5.88. The van der Waals surface area contributed by atoms with E-state index in [1.807, 2.05) is 11.8 Å². The zero-order valence-corrected chi connectivity index (χ0v) is 12.1. The van der Waals surface area contributed by atoms with Crippen molar-refractivity contribution in [3.05, 3.63) is 5.28 Å². The lowest BCUT2D eigenvalue weighted by atomic mass is 9.97. The Morgan fingerprint density at radius 1 is 1.40 bits per heavy atom. The molecule has 2 heterocycles. The van der Waals surface area contributed by atoms with Gasteiger partial charge in [0.2, 0.25) is 17.1 Å². The van der Waals surface area contributed by atoms with Crippen molar-refractivity contribution < 1.29 is 9.53 Å². The van der Waals surface area contributed by atoms with Crippen LogP contribution in [0.2, 0.25) is 5.28 Å². The summed E-state index contributed by atoms with van der Waals surface area (Å²) < 4.78 is 5.38. The first kappa shape index (κ1) is 14.8. The first-order chi connectivity index (χ1) is 9.60. The molecule has 0 radical (unpaired) electrons. The van der Waals surface area contributed by atoms with Crippen LogP contribution in [0.1, 0.15) is 26.2 Å². The predicted octanol–water partition coefficient (Wildman–Crippen LogP) is 1.02. The zero-order chi connectivity index (χ0) is 14.5. The molecule has 1 aliphatic rings. The minimum atomic E-state index is -0.245. The predicted molar refractivity (Wildman–Crippen MR) is 74.8 cm³/mol. The molecule has 7 nitrogen and oxygen atoms in total. The molecule has 0 unspecified atom stereocenters. The molecule has 110 valence electrons. The maximum absolute atomic E-state index is 11.1. The highest BCUT2D eigenvalue weighted by Crippen LogP contribution is 2.22. The fourth-order valence-corrected chi connectivity index (χ4v) is 2.23. The van der Waals surface area contributed by atoms with Crippen LogP contribution in [0.15, 0.2) is 0 Å². The minimum absolute atomic E-state index is 0.0700. The van der Waals surface area contributed by atoms with E-state index in [0.717, 1.165) is 6.42 Å². The van der Waals surface area contributed by atoms with E-state index in [1.54, 1.807) is 0 Å². The first-order valence-electron chi connectivity index (χ1n) is 6.68. The molecule has 1 aromatic heterocycles. The first-order valence-corrected chi connectivity index (χ1v) is 7.06. The molecule has 1 saturated heterocycles. The van der Waals surface area contributed by atoms with Crippen molar-refractivity contribution >= 4 is 23.5 Å². The van der Waals surface area contributed by atoms with Crippen LogP contribution >= 0.6 is 11.6 Å². The number of nitrogens with two attached hydrogens (primary N) is 1. The topological polar surface area (TPSA) is 94.2 Å². The van der Waals surface area contributed by atoms with Crippen molar-refractivity contribution in [2.45, 2.75) is 26.2 Å². The van der Waals surface area contributed by atoms with E-state index in [1.165, 1.54) is 0 Å². The fraction of sp³-hybridized carbons (Fsp3) is 0.667. The molecular formula is C12H18ClN5O2. The summed E-state index contributed by atoms with van der Waals surface area (Å²) in [6, 6.07) is 0.235. The number of piperidine rings is 1. The van der Waals surface area contributed by atoms with Gasteiger partial charge in [0.05, 0.1) is 6.61 Å². The van der Waals surface area contributed by atoms with Crippen LogP contribution in [0.4, 0.5) is 5.95 Å². The Hall–Kier alpha value is -1.63. The van der Waals surface area contributed by atoms with Gasteiger partial charge in [-0.2, -0.15) is 15.0 Å². The number of carbonyl (C=O) groups is 1. The molecule has 1 aromatic rings. The van der Waals surface area contributed by atoms with E-state index in [9.17, 15) is 4.79 Å². The summed E-state index contributed by atoms with van der Waals surface area (Å²) in [7, 11) is 0. The second-order valence-electron chi connectivity index (χ2n) is 4.70. The number of anilines is 1. The van der Waals surface area contributed by atoms with E-state index in [0.29, 0.717) is 38.5 Å². The van der Waals surface area contributed by atoms with E-state index in [4.69, 9.17) is 22.1 Å². The molecule has 8 heteroatoms. The molecule has 0 saturated carbocycles. The van der Waals surface area contributed by atoms with E-state index < -0.39 is 0 Å². The van der Waals surface area contributed by atoms with Crippen molar-refractivity contribution in [2.75, 3.05) is 24.6 Å². The number of aromatic nitrogens is 3. The minimum Gasteiger partial charge on any atom is -0.463 e. The summed E-state index contributed by atoms with van der Waals surface area (Å²) in [6.45, 7) is 3.87. The van der Waals surface area contributed by atoms with Gasteiger partial charge in [-0.1, -0.05) is 6.92 Å². The molecule has 1 aliphatic heterocycles. The Kier molecular flexibility index (Phi) is 4.94. The third-order valence-corrected chi connectivity index (χ3v) is 3.36. The van der Waals surface area contributed by atoms with Gasteiger partial charge in [-0.3, -0.25) is 4.79 Å². The number of ether oxygens (including phenoxy) is 1. The molecule has 2 N–H and O–H groups in total. The van der Waals surface area contributed by atoms with Gasteiger partial charge in [0, 0.05) is 19.0 Å². The van der Waals surface area contributed by atoms with Crippen LogP contribution in [-0.4, -0.2) is 40.6 Å². The normalized spacial score (nSPS) is 16.2. The molecule has 0 spiro atoms. The highest BCUT2D eigenvalue weighted by atomic mass is 35.5. The molecule has 20 heavy (non-hydrogen) atoms. The Bertz CT molecular complexity index is 477. The summed E-state index contributed by atoms with van der Waals surface area (Å²) in [5, 5.41) is 0.109. The van der Waals surface area contributed by atoms with Gasteiger partial charge in [0.15, 0.2) is 0 Å². The van der Waals surface area contributed by atoms with Crippen molar-refractivity contribution in [1.29, 1.82) is 0 Å². The van der Waals surface area contributed by atoms with Gasteiger partial charge < -0.3 is 15.4 Å². The van der Waals surface area contributed by atoms with Crippen LogP contribution in [0.3, 0.4) is 0 Å². The molecule has 0 atom stereocenters. The third kappa shape index (κ3) is 3.69. The van der Waals surface area contributed by atoms with E-state index in [-0.39, 0.29) is 23.1 Å². The number of carbonyl (C=O) groups excluding carboxylic acids is 1. The Labute approximate surface area is 122 Å². The standard InChI is InChI=1S/C12H18ClN5O2/c1-2-7-20-12-16-10(13)15-11(17-12)18-5-3-8(4-6-18)9(14)19/h8H,2-7H2,1H3,(H2,14,19). The largest absolute Gasteiger partial charge is 0.463 e. The highest BCUT2D eigenvalue weighted by molar-refractivity contribution is 6.28. The molecule has 2 rings (SSSR count). The maximum atomic E-state index is 11.1. The maximum Gasteiger partial charge on any atom is 0.322 e. The monoisotopic (exact) mass is 299 g/mol. The molecule has 0 aliphatic carbocycles. The number of halogens is 1. The van der Waals surface area contributed by atoms with Gasteiger partial charge >= 0.3 is 6.01 Å². The Morgan fingerprint density at radius 3 is 2.70 bits per heavy atom. The van der Waals surface area contributed by atoms with Crippen molar-refractivity contribution in [3.8, 4) is 6.01 Å². The van der Waals surface area contributed by atoms with Gasteiger partial charge in [0.1, 0.15) is 0 Å². The summed E-state index contributed by atoms with van der Waals surface area (Å²) in [4.78, 5) is 25.4. The quantitative estimate of drug-likeness (QED) is 0.872. The van der Waals surface area contributed by atoms with Crippen molar-refractivity contribution in [3.63, 3.8) is 0 Å². The Morgan fingerprint density at radius 2 is 2.10 bits per heavy atom. The fourth-order valence-electron chi connectivity index (χ4n) is 2.09. The average Bonchev–Trinajstić information content (AvgIpc) is 2.44. The highest BCUT2D eigenvalue weighted by Gasteiger charge is 2.25. The van der Waals surface area contributed by atoms with E-state index in [2.05, 4.69) is 15.0 Å². The lowest BCUT2D eigenvalue weighted by Crippen LogP contribution is -2.39. The molecule has 1 fully saturated rings. The van der Waals surface area contributed by atoms with Gasteiger partial charge in [-0.25, -0.2) is 0 Å². The Balaban J connectivity index is 2.05. The summed E-state index contributed by atoms with van der Waals surface area (Å²) in [6.07, 6.45) is 2.26. The lowest BCUT2D eigenvalue weighted by molar-refractivity contribution is -0.122. The number of hydrogen-bond acceptors (Lipinski definition) is 6. The van der Waals surface area contributed by atoms with E-state index >= 15 is 0 Å². The van der Waals surface area contributed by atoms with Crippen LogP contribution in [0, 0.1) is 5.92 Å². The third-order valence-electron chi connectivity index (χ3n) is 3.19. The molecule has 1 amide bonds.